The molecule has 1 heterocycles. The van der Waals surface area contributed by atoms with Crippen LogP contribution in [0, 0.1) is 17.1 Å². The second kappa shape index (κ2) is 9.13. The van der Waals surface area contributed by atoms with Crippen molar-refractivity contribution in [2.45, 2.75) is 37.9 Å². The Bertz CT molecular complexity index is 1300. The molecule has 1 aliphatic heterocycles. The molecule has 1 aliphatic rings. The van der Waals surface area contributed by atoms with Gasteiger partial charge in [-0.2, -0.15) is 18.4 Å². The monoisotopic (exact) mass is 526 g/mol. The summed E-state index contributed by atoms with van der Waals surface area (Å²) in [6.07, 6.45) is -7.62. The number of hydrogen-bond donors (Lipinski definition) is 1. The summed E-state index contributed by atoms with van der Waals surface area (Å²) in [6, 6.07) is 8.30. The van der Waals surface area contributed by atoms with Crippen LogP contribution in [0.15, 0.2) is 48.7 Å². The quantitative estimate of drug-likeness (QED) is 0.382. The smallest absolute Gasteiger partial charge is 0.355 e. The molecule has 12 heteroatoms. The van der Waals surface area contributed by atoms with E-state index in [1.54, 1.807) is 13.8 Å². The van der Waals surface area contributed by atoms with Crippen LogP contribution in [0.25, 0.3) is 0 Å². The summed E-state index contributed by atoms with van der Waals surface area (Å²) in [5.41, 5.74) is -2.50. The van der Waals surface area contributed by atoms with Crippen LogP contribution in [-0.2, 0) is 5.92 Å². The summed E-state index contributed by atoms with van der Waals surface area (Å²) in [5, 5.41) is 11.5. The number of hydrogen-bond acceptors (Lipinski definition) is 3. The van der Waals surface area contributed by atoms with Gasteiger partial charge in [0.2, 0.25) is 0 Å². The van der Waals surface area contributed by atoms with E-state index in [4.69, 9.17) is 12.2 Å². The molecule has 190 valence electrons. The highest BCUT2D eigenvalue weighted by Crippen LogP contribution is 2.45. The molecule has 2 aromatic carbocycles. The zero-order chi connectivity index (χ0) is 27.2. The van der Waals surface area contributed by atoms with E-state index in [1.807, 2.05) is 0 Å². The Kier molecular flexibility index (Phi) is 6.85. The number of carbonyl (C=O) groups is 1. The van der Waals surface area contributed by atoms with Crippen LogP contribution in [0.4, 0.5) is 37.7 Å². The number of nitriles is 1. The van der Waals surface area contributed by atoms with Crippen LogP contribution in [0.1, 0.15) is 41.8 Å². The second-order valence-electron chi connectivity index (χ2n) is 8.54. The Morgan fingerprint density at radius 2 is 1.75 bits per heavy atom. The van der Waals surface area contributed by atoms with Crippen molar-refractivity contribution >= 4 is 34.6 Å². The molecule has 0 unspecified atom stereocenters. The number of halogens is 6. The molecule has 0 radical (unpaired) electrons. The van der Waals surface area contributed by atoms with Crippen molar-refractivity contribution in [2.24, 2.45) is 0 Å². The zero-order valence-electron chi connectivity index (χ0n) is 19.3. The largest absolute Gasteiger partial charge is 0.395 e. The molecule has 0 aliphatic carbocycles. The summed E-state index contributed by atoms with van der Waals surface area (Å²) in [7, 11) is 1.35. The number of amides is 1. The van der Waals surface area contributed by atoms with Crippen molar-refractivity contribution in [1.29, 1.82) is 5.26 Å². The van der Waals surface area contributed by atoms with Crippen LogP contribution >= 0.6 is 12.2 Å². The maximum atomic E-state index is 14.7. The lowest BCUT2D eigenvalue weighted by molar-refractivity contribution is -0.191. The van der Waals surface area contributed by atoms with E-state index in [0.717, 1.165) is 18.2 Å². The zero-order valence-corrected chi connectivity index (χ0v) is 20.1. The van der Waals surface area contributed by atoms with Crippen LogP contribution in [0.5, 0.6) is 0 Å². The van der Waals surface area contributed by atoms with Gasteiger partial charge < -0.3 is 10.2 Å². The topological polar surface area (TPSA) is 59.4 Å². The predicted molar refractivity (Wildman–Crippen MR) is 126 cm³/mol. The fourth-order valence-corrected chi connectivity index (χ4v) is 4.49. The Hall–Kier alpha value is -3.59. The molecular formula is C24H20F6N4OS. The summed E-state index contributed by atoms with van der Waals surface area (Å²) in [4.78, 5) is 14.6. The van der Waals surface area contributed by atoms with Crippen LogP contribution < -0.4 is 15.1 Å². The van der Waals surface area contributed by atoms with Crippen LogP contribution in [-0.4, -0.2) is 29.8 Å². The van der Waals surface area contributed by atoms with E-state index in [0.29, 0.717) is 0 Å². The van der Waals surface area contributed by atoms with E-state index < -0.39 is 46.9 Å². The standard InChI is InChI=1S/C24H20F6N4OS/c1-13-22(2,3)34(16-7-8-17(19(25)10-16)20(35)32-4)21(36)33(13)15-6-5-14(11-31)18(9-15)23(26,27)12-24(28,29)30/h5-10H,1,12H2,2-4H3,(H,32,35). The molecule has 2 aromatic rings. The Morgan fingerprint density at radius 3 is 2.28 bits per heavy atom. The molecule has 3 rings (SSSR count). The molecule has 36 heavy (non-hydrogen) atoms. The SMILES string of the molecule is C=C1N(c2ccc(C#N)c(C(F)(F)CC(F)(F)F)c2)C(=S)N(c2ccc(C(=O)NC)c(F)c2)C1(C)C. The van der Waals surface area contributed by atoms with Crippen molar-refractivity contribution in [3.05, 3.63) is 71.2 Å². The van der Waals surface area contributed by atoms with Crippen LogP contribution in [0.3, 0.4) is 0 Å². The van der Waals surface area contributed by atoms with Crippen molar-refractivity contribution < 1.29 is 31.1 Å². The Labute approximate surface area is 208 Å². The number of anilines is 2. The molecule has 1 amide bonds. The molecular weight excluding hydrogens is 506 g/mol. The molecule has 0 bridgehead atoms. The Balaban J connectivity index is 2.09. The normalized spacial score (nSPS) is 15.8. The van der Waals surface area contributed by atoms with Crippen LogP contribution in [0.2, 0.25) is 0 Å². The molecule has 5 nitrogen and oxygen atoms in total. The van der Waals surface area contributed by atoms with E-state index in [-0.39, 0.29) is 27.7 Å². The third-order valence-electron chi connectivity index (χ3n) is 5.80. The van der Waals surface area contributed by atoms with Gasteiger partial charge in [-0.05, 0) is 62.5 Å². The number of nitrogens with zero attached hydrogens (tertiary/aromatic N) is 3. The minimum Gasteiger partial charge on any atom is -0.355 e. The van der Waals surface area contributed by atoms with E-state index in [2.05, 4.69) is 11.9 Å². The number of carbonyl (C=O) groups excluding carboxylic acids is 1. The first-order valence-electron chi connectivity index (χ1n) is 10.4. The maximum absolute atomic E-state index is 14.7. The lowest BCUT2D eigenvalue weighted by Crippen LogP contribution is -2.41. The lowest BCUT2D eigenvalue weighted by atomic mass is 9.97. The number of rotatable bonds is 5. The fraction of sp³-hybridized carbons (Fsp3) is 0.292. The molecule has 0 atom stereocenters. The van der Waals surface area contributed by atoms with Gasteiger partial charge in [-0.15, -0.1) is 0 Å². The number of benzene rings is 2. The summed E-state index contributed by atoms with van der Waals surface area (Å²) >= 11 is 5.54. The van der Waals surface area contributed by atoms with Crippen molar-refractivity contribution in [3.63, 3.8) is 0 Å². The average molecular weight is 527 g/mol. The van der Waals surface area contributed by atoms with Gasteiger partial charge >= 0.3 is 6.18 Å². The maximum Gasteiger partial charge on any atom is 0.395 e. The van der Waals surface area contributed by atoms with Gasteiger partial charge in [-0.1, -0.05) is 6.58 Å². The predicted octanol–water partition coefficient (Wildman–Crippen LogP) is 6.00. The van der Waals surface area contributed by atoms with Gasteiger partial charge in [0.05, 0.1) is 22.7 Å². The molecule has 0 saturated carbocycles. The highest BCUT2D eigenvalue weighted by molar-refractivity contribution is 7.80. The van der Waals surface area contributed by atoms with Crippen molar-refractivity contribution in [2.75, 3.05) is 16.8 Å². The van der Waals surface area contributed by atoms with Crippen molar-refractivity contribution in [3.8, 4) is 6.07 Å². The van der Waals surface area contributed by atoms with Gasteiger partial charge in [0, 0.05) is 29.7 Å². The van der Waals surface area contributed by atoms with Gasteiger partial charge in [-0.3, -0.25) is 9.69 Å². The molecule has 1 N–H and O–H groups in total. The molecule has 1 fully saturated rings. The minimum atomic E-state index is -5.18. The lowest BCUT2D eigenvalue weighted by Gasteiger charge is -2.31. The fourth-order valence-electron chi connectivity index (χ4n) is 3.94. The molecule has 0 spiro atoms. The third-order valence-corrected chi connectivity index (χ3v) is 6.16. The van der Waals surface area contributed by atoms with Gasteiger partial charge in [0.15, 0.2) is 5.11 Å². The number of nitrogens with one attached hydrogen (secondary N) is 1. The second-order valence-corrected chi connectivity index (χ2v) is 8.91. The minimum absolute atomic E-state index is 0.0214. The molecule has 0 aromatic heterocycles. The van der Waals surface area contributed by atoms with E-state index >= 15 is 0 Å². The Morgan fingerprint density at radius 1 is 1.14 bits per heavy atom. The highest BCUT2D eigenvalue weighted by atomic mass is 32.1. The number of thiocarbonyl (C=S) groups is 1. The highest BCUT2D eigenvalue weighted by Gasteiger charge is 2.48. The summed E-state index contributed by atoms with van der Waals surface area (Å²) < 4.78 is 82.3. The third kappa shape index (κ3) is 4.75. The van der Waals surface area contributed by atoms with Gasteiger partial charge in [-0.25, -0.2) is 13.2 Å². The summed E-state index contributed by atoms with van der Waals surface area (Å²) in [6.45, 7) is 7.32. The average Bonchev–Trinajstić information content (AvgIpc) is 2.94. The first-order chi connectivity index (χ1) is 16.5. The van der Waals surface area contributed by atoms with Crippen molar-refractivity contribution in [1.82, 2.24) is 5.32 Å². The molecule has 1 saturated heterocycles. The first kappa shape index (κ1) is 27.0. The van der Waals surface area contributed by atoms with E-state index in [9.17, 15) is 36.4 Å². The van der Waals surface area contributed by atoms with Gasteiger partial charge in [0.1, 0.15) is 12.2 Å². The first-order valence-corrected chi connectivity index (χ1v) is 10.8. The van der Waals surface area contributed by atoms with Gasteiger partial charge in [0.25, 0.3) is 11.8 Å². The summed E-state index contributed by atoms with van der Waals surface area (Å²) in [5.74, 6) is -5.85. The van der Waals surface area contributed by atoms with E-state index in [1.165, 1.54) is 41.1 Å². The number of alkyl halides is 5.